The van der Waals surface area contributed by atoms with Gasteiger partial charge in [0.1, 0.15) is 0 Å². The fourth-order valence-corrected chi connectivity index (χ4v) is 3.21. The predicted octanol–water partition coefficient (Wildman–Crippen LogP) is 2.46. The van der Waals surface area contributed by atoms with E-state index in [2.05, 4.69) is 5.32 Å². The normalized spacial score (nSPS) is 21.2. The van der Waals surface area contributed by atoms with Crippen molar-refractivity contribution in [3.8, 4) is 0 Å². The molecule has 0 radical (unpaired) electrons. The first-order chi connectivity index (χ1) is 9.51. The number of carboxylic acids is 1. The topological polar surface area (TPSA) is 69.6 Å². The van der Waals surface area contributed by atoms with Crippen molar-refractivity contribution in [1.29, 1.82) is 0 Å². The SMILES string of the molecule is CN(CC1CC1)C(=O)NCC1(CC(=O)O)CCCCC1. The standard InChI is InChI=1S/C15H26N2O3/c1-17(10-12-5-6-12)14(20)16-11-15(9-13(18)19)7-3-2-4-8-15/h12H,2-11H2,1H3,(H,16,20)(H,18,19). The fraction of sp³-hybridized carbons (Fsp3) is 0.867. The summed E-state index contributed by atoms with van der Waals surface area (Å²) < 4.78 is 0. The van der Waals surface area contributed by atoms with Gasteiger partial charge in [-0.1, -0.05) is 19.3 Å². The number of amides is 2. The summed E-state index contributed by atoms with van der Waals surface area (Å²) in [5.41, 5.74) is -0.236. The average molecular weight is 282 g/mol. The quantitative estimate of drug-likeness (QED) is 0.786. The molecule has 0 aromatic heterocycles. The largest absolute Gasteiger partial charge is 0.481 e. The van der Waals surface area contributed by atoms with Crippen LogP contribution in [0, 0.1) is 11.3 Å². The van der Waals surface area contributed by atoms with Gasteiger partial charge in [0.15, 0.2) is 0 Å². The molecule has 5 nitrogen and oxygen atoms in total. The molecule has 2 saturated carbocycles. The Morgan fingerprint density at radius 3 is 2.45 bits per heavy atom. The van der Waals surface area contributed by atoms with E-state index in [9.17, 15) is 9.59 Å². The fourth-order valence-electron chi connectivity index (χ4n) is 3.21. The van der Waals surface area contributed by atoms with Gasteiger partial charge in [-0.2, -0.15) is 0 Å². The lowest BCUT2D eigenvalue weighted by molar-refractivity contribution is -0.140. The third kappa shape index (κ3) is 4.39. The number of nitrogens with zero attached hydrogens (tertiary/aromatic N) is 1. The molecule has 5 heteroatoms. The van der Waals surface area contributed by atoms with Gasteiger partial charge >= 0.3 is 12.0 Å². The van der Waals surface area contributed by atoms with E-state index in [1.165, 1.54) is 19.3 Å². The lowest BCUT2D eigenvalue weighted by atomic mass is 9.72. The molecule has 0 atom stereocenters. The Morgan fingerprint density at radius 1 is 1.25 bits per heavy atom. The molecular weight excluding hydrogens is 256 g/mol. The van der Waals surface area contributed by atoms with Crippen molar-refractivity contribution >= 4 is 12.0 Å². The first kappa shape index (κ1) is 15.1. The number of carboxylic acid groups (broad SMARTS) is 1. The summed E-state index contributed by atoms with van der Waals surface area (Å²) >= 11 is 0. The van der Waals surface area contributed by atoms with Gasteiger partial charge in [0.2, 0.25) is 0 Å². The van der Waals surface area contributed by atoms with Crippen LogP contribution in [0.2, 0.25) is 0 Å². The van der Waals surface area contributed by atoms with Gasteiger partial charge < -0.3 is 15.3 Å². The number of carbonyl (C=O) groups is 2. The summed E-state index contributed by atoms with van der Waals surface area (Å²) in [5, 5.41) is 12.1. The Balaban J connectivity index is 1.83. The Kier molecular flexibility index (Phi) is 4.89. The first-order valence-corrected chi connectivity index (χ1v) is 7.71. The highest BCUT2D eigenvalue weighted by Gasteiger charge is 2.35. The lowest BCUT2D eigenvalue weighted by Crippen LogP contribution is -2.45. The van der Waals surface area contributed by atoms with E-state index in [1.807, 2.05) is 7.05 Å². The Morgan fingerprint density at radius 2 is 1.90 bits per heavy atom. The van der Waals surface area contributed by atoms with Crippen LogP contribution >= 0.6 is 0 Å². The van der Waals surface area contributed by atoms with Gasteiger partial charge in [-0.05, 0) is 37.0 Å². The van der Waals surface area contributed by atoms with Crippen molar-refractivity contribution < 1.29 is 14.7 Å². The van der Waals surface area contributed by atoms with E-state index >= 15 is 0 Å². The third-order valence-electron chi connectivity index (χ3n) is 4.63. The van der Waals surface area contributed by atoms with Crippen molar-refractivity contribution in [3.63, 3.8) is 0 Å². The highest BCUT2D eigenvalue weighted by Crippen LogP contribution is 2.38. The van der Waals surface area contributed by atoms with Crippen LogP contribution in [-0.4, -0.2) is 42.1 Å². The van der Waals surface area contributed by atoms with E-state index < -0.39 is 5.97 Å². The molecule has 0 spiro atoms. The molecule has 2 rings (SSSR count). The van der Waals surface area contributed by atoms with Crippen LogP contribution in [0.4, 0.5) is 4.79 Å². The molecule has 2 aliphatic rings. The van der Waals surface area contributed by atoms with Crippen molar-refractivity contribution in [2.24, 2.45) is 11.3 Å². The maximum atomic E-state index is 12.0. The van der Waals surface area contributed by atoms with Crippen LogP contribution in [0.3, 0.4) is 0 Å². The van der Waals surface area contributed by atoms with Crippen molar-refractivity contribution in [2.75, 3.05) is 20.1 Å². The summed E-state index contributed by atoms with van der Waals surface area (Å²) in [6, 6.07) is -0.0627. The second-order valence-corrected chi connectivity index (χ2v) is 6.61. The van der Waals surface area contributed by atoms with E-state index in [4.69, 9.17) is 5.11 Å². The summed E-state index contributed by atoms with van der Waals surface area (Å²) in [5.74, 6) is -0.0825. The molecule has 0 bridgehead atoms. The minimum atomic E-state index is -0.757. The molecule has 0 aromatic rings. The van der Waals surface area contributed by atoms with Gasteiger partial charge in [-0.25, -0.2) is 4.79 Å². The van der Waals surface area contributed by atoms with E-state index in [-0.39, 0.29) is 17.9 Å². The summed E-state index contributed by atoms with van der Waals surface area (Å²) in [4.78, 5) is 24.9. The van der Waals surface area contributed by atoms with Gasteiger partial charge in [-0.3, -0.25) is 4.79 Å². The molecule has 0 saturated heterocycles. The molecule has 114 valence electrons. The third-order valence-corrected chi connectivity index (χ3v) is 4.63. The highest BCUT2D eigenvalue weighted by molar-refractivity contribution is 5.74. The summed E-state index contributed by atoms with van der Waals surface area (Å²) in [7, 11) is 1.82. The number of hydrogen-bond donors (Lipinski definition) is 2. The van der Waals surface area contributed by atoms with E-state index in [0.29, 0.717) is 12.5 Å². The van der Waals surface area contributed by atoms with Crippen LogP contribution in [0.1, 0.15) is 51.4 Å². The number of nitrogens with one attached hydrogen (secondary N) is 1. The zero-order valence-electron chi connectivity index (χ0n) is 12.4. The minimum Gasteiger partial charge on any atom is -0.481 e. The van der Waals surface area contributed by atoms with Crippen LogP contribution < -0.4 is 5.32 Å². The Hall–Kier alpha value is -1.26. The number of carbonyl (C=O) groups excluding carboxylic acids is 1. The molecular formula is C15H26N2O3. The average Bonchev–Trinajstić information content (AvgIpc) is 3.20. The smallest absolute Gasteiger partial charge is 0.317 e. The second kappa shape index (κ2) is 6.46. The van der Waals surface area contributed by atoms with Gasteiger partial charge in [-0.15, -0.1) is 0 Å². The monoisotopic (exact) mass is 282 g/mol. The Bertz CT molecular complexity index is 360. The lowest BCUT2D eigenvalue weighted by Gasteiger charge is -2.36. The second-order valence-electron chi connectivity index (χ2n) is 6.61. The minimum absolute atomic E-state index is 0.0627. The van der Waals surface area contributed by atoms with Crippen LogP contribution in [0.15, 0.2) is 0 Å². The number of rotatable bonds is 6. The maximum Gasteiger partial charge on any atom is 0.317 e. The van der Waals surface area contributed by atoms with Gasteiger partial charge in [0, 0.05) is 20.1 Å². The van der Waals surface area contributed by atoms with E-state index in [1.54, 1.807) is 4.90 Å². The predicted molar refractivity (Wildman–Crippen MR) is 76.5 cm³/mol. The maximum absolute atomic E-state index is 12.0. The summed E-state index contributed by atoms with van der Waals surface area (Å²) in [6.45, 7) is 1.31. The van der Waals surface area contributed by atoms with Crippen LogP contribution in [-0.2, 0) is 4.79 Å². The Labute approximate surface area is 120 Å². The molecule has 2 amide bonds. The molecule has 0 unspecified atom stereocenters. The molecule has 2 aliphatic carbocycles. The number of hydrogen-bond acceptors (Lipinski definition) is 2. The van der Waals surface area contributed by atoms with Crippen LogP contribution in [0.5, 0.6) is 0 Å². The van der Waals surface area contributed by atoms with Crippen LogP contribution in [0.25, 0.3) is 0 Å². The summed E-state index contributed by atoms with van der Waals surface area (Å²) in [6.07, 6.45) is 7.75. The molecule has 0 aliphatic heterocycles. The number of aliphatic carboxylic acids is 1. The zero-order valence-corrected chi connectivity index (χ0v) is 12.4. The zero-order chi connectivity index (χ0) is 14.6. The number of urea groups is 1. The molecule has 2 fully saturated rings. The van der Waals surface area contributed by atoms with Crippen molar-refractivity contribution in [3.05, 3.63) is 0 Å². The molecule has 0 heterocycles. The molecule has 2 N–H and O–H groups in total. The highest BCUT2D eigenvalue weighted by atomic mass is 16.4. The van der Waals surface area contributed by atoms with Gasteiger partial charge in [0.25, 0.3) is 0 Å². The van der Waals surface area contributed by atoms with Gasteiger partial charge in [0.05, 0.1) is 6.42 Å². The first-order valence-electron chi connectivity index (χ1n) is 7.71. The van der Waals surface area contributed by atoms with Crippen molar-refractivity contribution in [2.45, 2.75) is 51.4 Å². The van der Waals surface area contributed by atoms with Crippen molar-refractivity contribution in [1.82, 2.24) is 10.2 Å². The molecule has 20 heavy (non-hydrogen) atoms. The molecule has 0 aromatic carbocycles. The van der Waals surface area contributed by atoms with E-state index in [0.717, 1.165) is 32.2 Å².